The number of rotatable bonds is 2. The van der Waals surface area contributed by atoms with E-state index in [0.29, 0.717) is 11.0 Å². The lowest BCUT2D eigenvalue weighted by Gasteiger charge is -2.05. The van der Waals surface area contributed by atoms with Crippen LogP contribution in [0.25, 0.3) is 10.4 Å². The van der Waals surface area contributed by atoms with E-state index in [1.54, 1.807) is 17.4 Å². The standard InChI is InChI=1S/C12H11BrFNS/c1-7-4-11(14)10(13)5-9(7)12-3-2-8(6-15)16-12/h2-5H,6,15H2,1H3. The Balaban J connectivity index is 2.51. The van der Waals surface area contributed by atoms with Gasteiger partial charge in [0.1, 0.15) is 5.82 Å². The molecule has 0 atom stereocenters. The lowest BCUT2D eigenvalue weighted by Crippen LogP contribution is -1.91. The number of aryl methyl sites for hydroxylation is 1. The van der Waals surface area contributed by atoms with Gasteiger partial charge >= 0.3 is 0 Å². The van der Waals surface area contributed by atoms with Crippen LogP contribution in [0, 0.1) is 12.7 Å². The predicted octanol–water partition coefficient (Wildman–Crippen LogP) is 4.08. The third-order valence-electron chi connectivity index (χ3n) is 2.40. The highest BCUT2D eigenvalue weighted by Crippen LogP contribution is 2.33. The molecule has 0 saturated carbocycles. The van der Waals surface area contributed by atoms with E-state index in [2.05, 4.69) is 15.9 Å². The van der Waals surface area contributed by atoms with Crippen LogP contribution in [0.1, 0.15) is 10.4 Å². The number of thiophene rings is 1. The van der Waals surface area contributed by atoms with Gasteiger partial charge in [-0.1, -0.05) is 0 Å². The SMILES string of the molecule is Cc1cc(F)c(Br)cc1-c1ccc(CN)s1. The number of benzene rings is 1. The molecule has 0 aliphatic heterocycles. The highest BCUT2D eigenvalue weighted by Gasteiger charge is 2.09. The first kappa shape index (κ1) is 11.8. The zero-order valence-electron chi connectivity index (χ0n) is 8.76. The van der Waals surface area contributed by atoms with Crippen LogP contribution >= 0.6 is 27.3 Å². The Morgan fingerprint density at radius 3 is 2.75 bits per heavy atom. The molecule has 16 heavy (non-hydrogen) atoms. The summed E-state index contributed by atoms with van der Waals surface area (Å²) in [7, 11) is 0. The van der Waals surface area contributed by atoms with E-state index in [4.69, 9.17) is 5.73 Å². The second kappa shape index (κ2) is 4.65. The van der Waals surface area contributed by atoms with Gasteiger partial charge in [0, 0.05) is 16.3 Å². The molecular formula is C12H11BrFNS. The van der Waals surface area contributed by atoms with Crippen molar-refractivity contribution in [3.05, 3.63) is 45.0 Å². The van der Waals surface area contributed by atoms with Gasteiger partial charge in [-0.15, -0.1) is 11.3 Å². The molecule has 0 aliphatic carbocycles. The first-order valence-electron chi connectivity index (χ1n) is 4.86. The molecule has 4 heteroatoms. The van der Waals surface area contributed by atoms with Crippen LogP contribution in [0.15, 0.2) is 28.7 Å². The molecule has 0 saturated heterocycles. The van der Waals surface area contributed by atoms with Crippen molar-refractivity contribution < 1.29 is 4.39 Å². The molecule has 0 fully saturated rings. The normalized spacial score (nSPS) is 10.8. The summed E-state index contributed by atoms with van der Waals surface area (Å²) in [5.41, 5.74) is 7.56. The molecule has 0 radical (unpaired) electrons. The maximum Gasteiger partial charge on any atom is 0.137 e. The largest absolute Gasteiger partial charge is 0.326 e. The number of hydrogen-bond acceptors (Lipinski definition) is 2. The Morgan fingerprint density at radius 1 is 1.38 bits per heavy atom. The van der Waals surface area contributed by atoms with Gasteiger partial charge in [0.05, 0.1) is 4.47 Å². The maximum absolute atomic E-state index is 13.3. The third-order valence-corrected chi connectivity index (χ3v) is 4.14. The van der Waals surface area contributed by atoms with E-state index in [-0.39, 0.29) is 5.82 Å². The molecule has 1 aromatic carbocycles. The van der Waals surface area contributed by atoms with Gasteiger partial charge in [0.15, 0.2) is 0 Å². The second-order valence-corrected chi connectivity index (χ2v) is 5.57. The van der Waals surface area contributed by atoms with E-state index in [0.717, 1.165) is 20.9 Å². The van der Waals surface area contributed by atoms with Crippen molar-refractivity contribution in [2.45, 2.75) is 13.5 Å². The van der Waals surface area contributed by atoms with Crippen LogP contribution in [-0.4, -0.2) is 0 Å². The van der Waals surface area contributed by atoms with Crippen molar-refractivity contribution in [3.63, 3.8) is 0 Å². The summed E-state index contributed by atoms with van der Waals surface area (Å²) in [5.74, 6) is -0.225. The minimum Gasteiger partial charge on any atom is -0.326 e. The van der Waals surface area contributed by atoms with Gasteiger partial charge in [-0.3, -0.25) is 0 Å². The summed E-state index contributed by atoms with van der Waals surface area (Å²) in [6.07, 6.45) is 0. The van der Waals surface area contributed by atoms with Gasteiger partial charge in [-0.2, -0.15) is 0 Å². The first-order chi connectivity index (χ1) is 7.61. The van der Waals surface area contributed by atoms with Gasteiger partial charge in [-0.25, -0.2) is 4.39 Å². The smallest absolute Gasteiger partial charge is 0.137 e. The molecule has 0 aliphatic rings. The molecule has 1 aromatic heterocycles. The van der Waals surface area contributed by atoms with Gasteiger partial charge in [-0.05, 0) is 58.2 Å². The molecule has 2 N–H and O–H groups in total. The highest BCUT2D eigenvalue weighted by atomic mass is 79.9. The van der Waals surface area contributed by atoms with Crippen LogP contribution in [-0.2, 0) is 6.54 Å². The quantitative estimate of drug-likeness (QED) is 0.888. The van der Waals surface area contributed by atoms with E-state index >= 15 is 0 Å². The minimum absolute atomic E-state index is 0.225. The molecular weight excluding hydrogens is 289 g/mol. The maximum atomic E-state index is 13.3. The Labute approximate surface area is 106 Å². The molecule has 0 spiro atoms. The molecule has 1 nitrogen and oxygen atoms in total. The van der Waals surface area contributed by atoms with Crippen molar-refractivity contribution in [1.29, 1.82) is 0 Å². The second-order valence-electron chi connectivity index (χ2n) is 3.55. The summed E-state index contributed by atoms with van der Waals surface area (Å²) in [6.45, 7) is 2.46. The van der Waals surface area contributed by atoms with Gasteiger partial charge < -0.3 is 5.73 Å². The van der Waals surface area contributed by atoms with E-state index in [9.17, 15) is 4.39 Å². The summed E-state index contributed by atoms with van der Waals surface area (Å²) in [5, 5.41) is 0. The topological polar surface area (TPSA) is 26.0 Å². The molecule has 84 valence electrons. The average Bonchev–Trinajstić information content (AvgIpc) is 2.71. The molecule has 2 aromatic rings. The van der Waals surface area contributed by atoms with Crippen molar-refractivity contribution in [3.8, 4) is 10.4 Å². The summed E-state index contributed by atoms with van der Waals surface area (Å²) < 4.78 is 13.8. The number of nitrogens with two attached hydrogens (primary N) is 1. The van der Waals surface area contributed by atoms with E-state index in [1.807, 2.05) is 25.1 Å². The van der Waals surface area contributed by atoms with E-state index in [1.165, 1.54) is 0 Å². The molecule has 2 rings (SSSR count). The van der Waals surface area contributed by atoms with Gasteiger partial charge in [0.2, 0.25) is 0 Å². The summed E-state index contributed by atoms with van der Waals surface area (Å²) in [6, 6.07) is 7.40. The van der Waals surface area contributed by atoms with E-state index < -0.39 is 0 Å². The molecule has 0 amide bonds. The van der Waals surface area contributed by atoms with Crippen LogP contribution in [0.5, 0.6) is 0 Å². The van der Waals surface area contributed by atoms with Crippen LogP contribution in [0.3, 0.4) is 0 Å². The molecule has 0 unspecified atom stereocenters. The number of hydrogen-bond donors (Lipinski definition) is 1. The minimum atomic E-state index is -0.225. The predicted molar refractivity (Wildman–Crippen MR) is 70.0 cm³/mol. The number of halogens is 2. The van der Waals surface area contributed by atoms with Crippen molar-refractivity contribution in [2.24, 2.45) is 5.73 Å². The van der Waals surface area contributed by atoms with Crippen LogP contribution in [0.4, 0.5) is 4.39 Å². The van der Waals surface area contributed by atoms with Crippen molar-refractivity contribution in [2.75, 3.05) is 0 Å². The Bertz CT molecular complexity index is 522. The summed E-state index contributed by atoms with van der Waals surface area (Å²) >= 11 is 4.85. The zero-order valence-corrected chi connectivity index (χ0v) is 11.2. The first-order valence-corrected chi connectivity index (χ1v) is 6.47. The van der Waals surface area contributed by atoms with Gasteiger partial charge in [0.25, 0.3) is 0 Å². The fourth-order valence-electron chi connectivity index (χ4n) is 1.54. The summed E-state index contributed by atoms with van der Waals surface area (Å²) in [4.78, 5) is 2.26. The lowest BCUT2D eigenvalue weighted by atomic mass is 10.1. The molecule has 1 heterocycles. The van der Waals surface area contributed by atoms with Crippen molar-refractivity contribution >= 4 is 27.3 Å². The Morgan fingerprint density at radius 2 is 2.12 bits per heavy atom. The van der Waals surface area contributed by atoms with Crippen LogP contribution < -0.4 is 5.73 Å². The van der Waals surface area contributed by atoms with Crippen LogP contribution in [0.2, 0.25) is 0 Å². The Hall–Kier alpha value is -0.710. The van der Waals surface area contributed by atoms with Crippen molar-refractivity contribution in [1.82, 2.24) is 0 Å². The zero-order chi connectivity index (χ0) is 11.7. The fourth-order valence-corrected chi connectivity index (χ4v) is 2.86. The lowest BCUT2D eigenvalue weighted by molar-refractivity contribution is 0.620. The third kappa shape index (κ3) is 2.19. The monoisotopic (exact) mass is 299 g/mol. The fraction of sp³-hybridized carbons (Fsp3) is 0.167. The average molecular weight is 300 g/mol. The Kier molecular flexibility index (Phi) is 3.42. The highest BCUT2D eigenvalue weighted by molar-refractivity contribution is 9.10. The molecule has 0 bridgehead atoms.